The second-order valence-electron chi connectivity index (χ2n) is 16.4. The molecule has 354 valence electrons. The molecule has 5 atom stereocenters. The van der Waals surface area contributed by atoms with Crippen molar-refractivity contribution >= 4 is 21.6 Å². The lowest BCUT2D eigenvalue weighted by molar-refractivity contribution is -0.457. The van der Waals surface area contributed by atoms with Crippen LogP contribution in [0, 0.1) is 23.2 Å². The Morgan fingerprint density at radius 2 is 1.39 bits per heavy atom. The van der Waals surface area contributed by atoms with Crippen LogP contribution in [-0.2, 0) is 34.8 Å². The predicted molar refractivity (Wildman–Crippen MR) is 218 cm³/mol. The summed E-state index contributed by atoms with van der Waals surface area (Å²) < 4.78 is 156. The van der Waals surface area contributed by atoms with Gasteiger partial charge in [0.05, 0.1) is 39.1 Å². The van der Waals surface area contributed by atoms with E-state index < -0.39 is 37.2 Å². The summed E-state index contributed by atoms with van der Waals surface area (Å²) in [6, 6.07) is 6.32. The fourth-order valence-electron chi connectivity index (χ4n) is 9.45. The summed E-state index contributed by atoms with van der Waals surface area (Å²) in [6.45, 7) is 6.78. The van der Waals surface area contributed by atoms with Gasteiger partial charge in [-0.15, -0.1) is 0 Å². The molecule has 0 aromatic heterocycles. The largest absolute Gasteiger partial charge is 0.492 e. The van der Waals surface area contributed by atoms with Crippen molar-refractivity contribution in [2.75, 3.05) is 98.3 Å². The van der Waals surface area contributed by atoms with Crippen LogP contribution in [0.1, 0.15) is 81.8 Å². The molecule has 5 unspecified atom stereocenters. The number of aryl methyl sites for hydroxylation is 1. The summed E-state index contributed by atoms with van der Waals surface area (Å²) in [4.78, 5) is 0. The van der Waals surface area contributed by atoms with Gasteiger partial charge in [0.2, 0.25) is 0 Å². The Labute approximate surface area is 362 Å². The number of hydrogen-bond acceptors (Lipinski definition) is 10. The van der Waals surface area contributed by atoms with Gasteiger partial charge in [-0.2, -0.15) is 39.5 Å². The zero-order valence-electron chi connectivity index (χ0n) is 35.5. The van der Waals surface area contributed by atoms with Gasteiger partial charge in [-0.05, 0) is 117 Å². The van der Waals surface area contributed by atoms with E-state index in [1.807, 2.05) is 6.07 Å². The Morgan fingerprint density at radius 3 is 2.03 bits per heavy atom. The number of fused-ring (bicyclic) bond motifs is 5. The van der Waals surface area contributed by atoms with E-state index in [9.17, 15) is 39.5 Å². The van der Waals surface area contributed by atoms with Crippen molar-refractivity contribution in [1.29, 1.82) is 0 Å². The maximum Gasteiger partial charge on any atom is 0.435 e. The van der Waals surface area contributed by atoms with Crippen molar-refractivity contribution in [3.63, 3.8) is 0 Å². The van der Waals surface area contributed by atoms with Crippen LogP contribution < -0.4 is 10.1 Å². The van der Waals surface area contributed by atoms with E-state index in [0.29, 0.717) is 69.7 Å². The van der Waals surface area contributed by atoms with Crippen LogP contribution in [0.15, 0.2) is 18.2 Å². The summed E-state index contributed by atoms with van der Waals surface area (Å²) in [5, 5.41) is 3.40. The van der Waals surface area contributed by atoms with E-state index in [1.165, 1.54) is 11.1 Å². The number of rotatable bonds is 29. The fourth-order valence-corrected chi connectivity index (χ4v) is 11.2. The number of hydrogen-bond donors (Lipinski definition) is 1. The molecule has 0 saturated heterocycles. The van der Waals surface area contributed by atoms with Gasteiger partial charge in [0, 0.05) is 58.0 Å². The van der Waals surface area contributed by atoms with E-state index >= 15 is 0 Å². The molecule has 0 heterocycles. The van der Waals surface area contributed by atoms with Crippen molar-refractivity contribution in [1.82, 2.24) is 5.32 Å². The minimum atomic E-state index is -6.74. The van der Waals surface area contributed by atoms with Gasteiger partial charge in [-0.3, -0.25) is 0 Å². The van der Waals surface area contributed by atoms with Gasteiger partial charge in [-0.25, -0.2) is 0 Å². The number of halogens is 9. The Hall–Kier alpha value is -1.19. The molecule has 1 aromatic rings. The highest BCUT2D eigenvalue weighted by molar-refractivity contribution is 8.76. The van der Waals surface area contributed by atoms with Gasteiger partial charge in [-0.1, -0.05) is 34.6 Å². The molecule has 3 aliphatic rings. The minimum absolute atomic E-state index is 0.260. The highest BCUT2D eigenvalue weighted by atomic mass is 33.1. The minimum Gasteiger partial charge on any atom is -0.492 e. The van der Waals surface area contributed by atoms with E-state index in [0.717, 1.165) is 88.4 Å². The van der Waals surface area contributed by atoms with Gasteiger partial charge >= 0.3 is 24.1 Å². The standard InChI is InChI=1S/C42H64F9NO7S2/c1-38-15-14-34-33-11-9-32(57-22-17-52-16-5-19-56-24-26-61-60-25-23-55-18-4-7-30(28-53-2)29-54-3)27-31(33)8-10-35(34)36(38)12-13-37(38)58-20-6-21-59-39(40(43,44)45,41(46,47)48)42(49,50)51/h9,11,27,30,34-37,52H,4-8,10,12-26,28-29H2,1-3H3. The first-order valence-corrected chi connectivity index (χ1v) is 23.8. The fraction of sp³-hybridized carbons (Fsp3) is 0.857. The van der Waals surface area contributed by atoms with Crippen molar-refractivity contribution < 1.29 is 72.7 Å². The second kappa shape index (κ2) is 24.9. The maximum absolute atomic E-state index is 13.2. The molecule has 1 aromatic carbocycles. The summed E-state index contributed by atoms with van der Waals surface area (Å²) in [7, 11) is 7.03. The Balaban J connectivity index is 1.05. The molecule has 1 N–H and O–H groups in total. The zero-order valence-corrected chi connectivity index (χ0v) is 37.1. The van der Waals surface area contributed by atoms with Gasteiger partial charge in [0.25, 0.3) is 0 Å². The maximum atomic E-state index is 13.2. The Morgan fingerprint density at radius 1 is 0.738 bits per heavy atom. The topological polar surface area (TPSA) is 76.6 Å². The third kappa shape index (κ3) is 14.4. The molecule has 4 rings (SSSR count). The molecule has 0 bridgehead atoms. The summed E-state index contributed by atoms with van der Waals surface area (Å²) in [5.41, 5.74) is -3.93. The van der Waals surface area contributed by atoms with Crippen LogP contribution >= 0.6 is 21.6 Å². The molecule has 19 heteroatoms. The van der Waals surface area contributed by atoms with Crippen molar-refractivity contribution in [2.45, 2.75) is 107 Å². The normalized spacial score (nSPS) is 23.3. The first-order valence-electron chi connectivity index (χ1n) is 21.3. The highest BCUT2D eigenvalue weighted by Gasteiger charge is 2.85. The molecular weight excluding hydrogens is 866 g/mol. The third-order valence-corrected chi connectivity index (χ3v) is 14.7. The lowest BCUT2D eigenvalue weighted by Crippen LogP contribution is -2.67. The van der Waals surface area contributed by atoms with E-state index in [2.05, 4.69) is 29.1 Å². The number of benzene rings is 1. The lowest BCUT2D eigenvalue weighted by Gasteiger charge is -2.50. The zero-order chi connectivity index (χ0) is 44.6. The van der Waals surface area contributed by atoms with Crippen LogP contribution in [0.4, 0.5) is 39.5 Å². The lowest BCUT2D eigenvalue weighted by atomic mass is 9.55. The van der Waals surface area contributed by atoms with Crippen LogP contribution in [0.5, 0.6) is 5.75 Å². The molecule has 0 spiro atoms. The average Bonchev–Trinajstić information content (AvgIpc) is 3.53. The van der Waals surface area contributed by atoms with Crippen LogP contribution in [0.3, 0.4) is 0 Å². The van der Waals surface area contributed by atoms with Crippen LogP contribution in [0.2, 0.25) is 0 Å². The number of ether oxygens (including phenoxy) is 7. The number of nitrogens with one attached hydrogen (secondary N) is 1. The molecule has 0 amide bonds. The molecule has 2 saturated carbocycles. The average molecular weight is 930 g/mol. The van der Waals surface area contributed by atoms with Gasteiger partial charge in [0.1, 0.15) is 12.4 Å². The molecule has 8 nitrogen and oxygen atoms in total. The first-order chi connectivity index (χ1) is 29.0. The SMILES string of the molecule is COCC(CCCOCCSSCCOCCCNCCOc1ccc2c(c1)CCC1C2CCC2(C)C(OCCCOC(C(F)(F)F)(C(F)(F)F)C(F)(F)F)CCC12)COC. The summed E-state index contributed by atoms with van der Waals surface area (Å²) >= 11 is 0. The van der Waals surface area contributed by atoms with Gasteiger partial charge in [0.15, 0.2) is 0 Å². The van der Waals surface area contributed by atoms with E-state index in [-0.39, 0.29) is 18.1 Å². The first kappa shape index (κ1) is 52.4. The van der Waals surface area contributed by atoms with Crippen molar-refractivity contribution in [3.8, 4) is 5.75 Å². The summed E-state index contributed by atoms with van der Waals surface area (Å²) in [6.07, 6.45) is -13.1. The van der Waals surface area contributed by atoms with Crippen molar-refractivity contribution in [2.24, 2.45) is 23.2 Å². The molecular formula is C42H64F9NO7S2. The molecule has 3 aliphatic carbocycles. The summed E-state index contributed by atoms with van der Waals surface area (Å²) in [5.74, 6) is 4.16. The Kier molecular flexibility index (Phi) is 21.4. The monoisotopic (exact) mass is 929 g/mol. The predicted octanol–water partition coefficient (Wildman–Crippen LogP) is 10.2. The molecule has 0 aliphatic heterocycles. The van der Waals surface area contributed by atoms with E-state index in [4.69, 9.17) is 28.4 Å². The number of methoxy groups -OCH3 is 2. The smallest absolute Gasteiger partial charge is 0.435 e. The van der Waals surface area contributed by atoms with E-state index in [1.54, 1.807) is 35.8 Å². The molecule has 0 radical (unpaired) electrons. The van der Waals surface area contributed by atoms with Gasteiger partial charge < -0.3 is 38.5 Å². The van der Waals surface area contributed by atoms with Crippen LogP contribution in [0.25, 0.3) is 0 Å². The molecule has 61 heavy (non-hydrogen) atoms. The quantitative estimate of drug-likeness (QED) is 0.0477. The second-order valence-corrected chi connectivity index (χ2v) is 19.1. The van der Waals surface area contributed by atoms with Crippen molar-refractivity contribution in [3.05, 3.63) is 29.3 Å². The third-order valence-electron chi connectivity index (χ3n) is 12.3. The number of alkyl halides is 9. The molecule has 2 fully saturated rings. The van der Waals surface area contributed by atoms with Crippen LogP contribution in [-0.4, -0.2) is 129 Å². The highest BCUT2D eigenvalue weighted by Crippen LogP contribution is 2.62. The Bertz CT molecular complexity index is 1370.